The quantitative estimate of drug-likeness (QED) is 0.672. The van der Waals surface area contributed by atoms with Gasteiger partial charge in [-0.1, -0.05) is 0 Å². The van der Waals surface area contributed by atoms with Gasteiger partial charge in [0.1, 0.15) is 11.6 Å². The standard InChI is InChI=1S/C13H11BrFN3O/c1-7-2-3-8(6-18-7)19-10-5-4-9(13(16)17)11(14)12(10)15/h2-6H,1H3,(H3,16,17). The normalized spacial score (nSPS) is 10.3. The molecular weight excluding hydrogens is 313 g/mol. The maximum atomic E-state index is 14.0. The second-order valence-electron chi connectivity index (χ2n) is 3.89. The molecule has 0 bridgehead atoms. The highest BCUT2D eigenvalue weighted by Gasteiger charge is 2.14. The van der Waals surface area contributed by atoms with Crippen LogP contribution in [0, 0.1) is 18.2 Å². The zero-order valence-electron chi connectivity index (χ0n) is 10.1. The molecule has 0 spiro atoms. The average molecular weight is 324 g/mol. The molecular formula is C13H11BrFN3O. The molecule has 0 atom stereocenters. The number of amidine groups is 1. The van der Waals surface area contributed by atoms with E-state index in [1.807, 2.05) is 6.92 Å². The second kappa shape index (κ2) is 5.36. The van der Waals surface area contributed by atoms with Crippen molar-refractivity contribution < 1.29 is 9.13 Å². The van der Waals surface area contributed by atoms with Gasteiger partial charge in [0, 0.05) is 11.3 Å². The van der Waals surface area contributed by atoms with E-state index in [1.54, 1.807) is 12.1 Å². The number of nitrogens with zero attached hydrogens (tertiary/aromatic N) is 1. The Morgan fingerprint density at radius 2 is 2.11 bits per heavy atom. The topological polar surface area (TPSA) is 72.0 Å². The monoisotopic (exact) mass is 323 g/mol. The molecule has 0 aliphatic rings. The zero-order chi connectivity index (χ0) is 14.0. The fourth-order valence-electron chi connectivity index (χ4n) is 1.46. The van der Waals surface area contributed by atoms with Crippen molar-refractivity contribution in [2.24, 2.45) is 5.73 Å². The first-order valence-electron chi connectivity index (χ1n) is 5.42. The number of pyridine rings is 1. The molecule has 1 heterocycles. The molecule has 0 aliphatic carbocycles. The van der Waals surface area contributed by atoms with Gasteiger partial charge in [-0.25, -0.2) is 4.39 Å². The lowest BCUT2D eigenvalue weighted by Crippen LogP contribution is -2.12. The maximum absolute atomic E-state index is 14.0. The van der Waals surface area contributed by atoms with E-state index in [9.17, 15) is 4.39 Å². The molecule has 4 nitrogen and oxygen atoms in total. The molecule has 2 rings (SSSR count). The van der Waals surface area contributed by atoms with Crippen molar-refractivity contribution in [3.63, 3.8) is 0 Å². The van der Waals surface area contributed by atoms with Gasteiger partial charge in [0.15, 0.2) is 11.6 Å². The highest BCUT2D eigenvalue weighted by Crippen LogP contribution is 2.31. The van der Waals surface area contributed by atoms with E-state index in [0.29, 0.717) is 5.75 Å². The molecule has 2 aromatic rings. The maximum Gasteiger partial charge on any atom is 0.180 e. The predicted molar refractivity (Wildman–Crippen MR) is 74.2 cm³/mol. The molecule has 0 unspecified atom stereocenters. The lowest BCUT2D eigenvalue weighted by Gasteiger charge is -2.10. The molecule has 1 aromatic heterocycles. The highest BCUT2D eigenvalue weighted by atomic mass is 79.9. The smallest absolute Gasteiger partial charge is 0.180 e. The first kappa shape index (κ1) is 13.5. The third-order valence-electron chi connectivity index (χ3n) is 2.45. The summed E-state index contributed by atoms with van der Waals surface area (Å²) in [6, 6.07) is 6.42. The minimum atomic E-state index is -0.603. The molecule has 1 aromatic carbocycles. The Kier molecular flexibility index (Phi) is 3.80. The van der Waals surface area contributed by atoms with Gasteiger partial charge in [-0.05, 0) is 47.1 Å². The van der Waals surface area contributed by atoms with Crippen LogP contribution in [-0.4, -0.2) is 10.8 Å². The number of rotatable bonds is 3. The van der Waals surface area contributed by atoms with Crippen LogP contribution in [-0.2, 0) is 0 Å². The first-order valence-corrected chi connectivity index (χ1v) is 6.21. The third kappa shape index (κ3) is 2.90. The van der Waals surface area contributed by atoms with Crippen molar-refractivity contribution >= 4 is 21.8 Å². The van der Waals surface area contributed by atoms with E-state index < -0.39 is 5.82 Å². The minimum absolute atomic E-state index is 0.0440. The van der Waals surface area contributed by atoms with E-state index in [0.717, 1.165) is 5.69 Å². The Balaban J connectivity index is 2.34. The fourth-order valence-corrected chi connectivity index (χ4v) is 2.00. The lowest BCUT2D eigenvalue weighted by molar-refractivity contribution is 0.438. The molecule has 0 saturated carbocycles. The number of hydrogen-bond donors (Lipinski definition) is 2. The lowest BCUT2D eigenvalue weighted by atomic mass is 10.2. The SMILES string of the molecule is Cc1ccc(Oc2ccc(C(=N)N)c(Br)c2F)cn1. The van der Waals surface area contributed by atoms with Crippen LogP contribution in [0.1, 0.15) is 11.3 Å². The van der Waals surface area contributed by atoms with Gasteiger partial charge in [-0.3, -0.25) is 10.4 Å². The fraction of sp³-hybridized carbons (Fsp3) is 0.0769. The van der Waals surface area contributed by atoms with Crippen LogP contribution >= 0.6 is 15.9 Å². The second-order valence-corrected chi connectivity index (χ2v) is 4.68. The van der Waals surface area contributed by atoms with Gasteiger partial charge in [0.05, 0.1) is 10.7 Å². The summed E-state index contributed by atoms with van der Waals surface area (Å²) in [5, 5.41) is 7.32. The third-order valence-corrected chi connectivity index (χ3v) is 3.22. The van der Waals surface area contributed by atoms with Crippen LogP contribution in [0.5, 0.6) is 11.5 Å². The number of hydrogen-bond acceptors (Lipinski definition) is 3. The van der Waals surface area contributed by atoms with Crippen molar-refractivity contribution in [1.29, 1.82) is 5.41 Å². The summed E-state index contributed by atoms with van der Waals surface area (Å²) in [5.74, 6) is -0.336. The number of halogens is 2. The van der Waals surface area contributed by atoms with Gasteiger partial charge in [-0.15, -0.1) is 0 Å². The molecule has 3 N–H and O–H groups in total. The van der Waals surface area contributed by atoms with Crippen molar-refractivity contribution in [3.8, 4) is 11.5 Å². The predicted octanol–water partition coefficient (Wildman–Crippen LogP) is 3.37. The number of ether oxygens (including phenoxy) is 1. The summed E-state index contributed by atoms with van der Waals surface area (Å²) in [5.41, 5.74) is 6.47. The number of aromatic nitrogens is 1. The van der Waals surface area contributed by atoms with Gasteiger partial charge < -0.3 is 10.5 Å². The van der Waals surface area contributed by atoms with Crippen molar-refractivity contribution in [1.82, 2.24) is 4.98 Å². The summed E-state index contributed by atoms with van der Waals surface area (Å²) < 4.78 is 19.6. The molecule has 19 heavy (non-hydrogen) atoms. The summed E-state index contributed by atoms with van der Waals surface area (Å²) >= 11 is 3.07. The Morgan fingerprint density at radius 1 is 1.37 bits per heavy atom. The van der Waals surface area contributed by atoms with Gasteiger partial charge in [0.2, 0.25) is 0 Å². The summed E-state index contributed by atoms with van der Waals surface area (Å²) in [6.45, 7) is 1.85. The van der Waals surface area contributed by atoms with Crippen LogP contribution < -0.4 is 10.5 Å². The van der Waals surface area contributed by atoms with Crippen molar-refractivity contribution in [3.05, 3.63) is 52.0 Å². The van der Waals surface area contributed by atoms with Crippen molar-refractivity contribution in [2.75, 3.05) is 0 Å². The van der Waals surface area contributed by atoms with Gasteiger partial charge in [-0.2, -0.15) is 0 Å². The van der Waals surface area contributed by atoms with Gasteiger partial charge in [0.25, 0.3) is 0 Å². The van der Waals surface area contributed by atoms with Crippen LogP contribution in [0.3, 0.4) is 0 Å². The van der Waals surface area contributed by atoms with Crippen LogP contribution in [0.15, 0.2) is 34.9 Å². The summed E-state index contributed by atoms with van der Waals surface area (Å²) in [4.78, 5) is 4.06. The van der Waals surface area contributed by atoms with Crippen LogP contribution in [0.4, 0.5) is 4.39 Å². The summed E-state index contributed by atoms with van der Waals surface area (Å²) in [7, 11) is 0. The molecule has 0 aliphatic heterocycles. The van der Waals surface area contributed by atoms with Gasteiger partial charge >= 0.3 is 0 Å². The number of aryl methyl sites for hydroxylation is 1. The molecule has 6 heteroatoms. The molecule has 0 amide bonds. The minimum Gasteiger partial charge on any atom is -0.453 e. The Labute approximate surface area is 118 Å². The van der Waals surface area contributed by atoms with Crippen LogP contribution in [0.2, 0.25) is 0 Å². The number of benzene rings is 1. The molecule has 98 valence electrons. The molecule has 0 radical (unpaired) electrons. The summed E-state index contributed by atoms with van der Waals surface area (Å²) in [6.07, 6.45) is 1.52. The Morgan fingerprint density at radius 3 is 2.68 bits per heavy atom. The van der Waals surface area contributed by atoms with E-state index in [1.165, 1.54) is 18.3 Å². The van der Waals surface area contributed by atoms with E-state index in [2.05, 4.69) is 20.9 Å². The van der Waals surface area contributed by atoms with E-state index in [-0.39, 0.29) is 21.6 Å². The number of nitrogens with one attached hydrogen (secondary N) is 1. The van der Waals surface area contributed by atoms with Crippen LogP contribution in [0.25, 0.3) is 0 Å². The zero-order valence-corrected chi connectivity index (χ0v) is 11.7. The molecule has 0 fully saturated rings. The van der Waals surface area contributed by atoms with E-state index in [4.69, 9.17) is 15.9 Å². The number of nitrogens with two attached hydrogens (primary N) is 1. The highest BCUT2D eigenvalue weighted by molar-refractivity contribution is 9.10. The largest absolute Gasteiger partial charge is 0.453 e. The Bertz CT molecular complexity index is 629. The van der Waals surface area contributed by atoms with Crippen molar-refractivity contribution in [2.45, 2.75) is 6.92 Å². The van der Waals surface area contributed by atoms with E-state index >= 15 is 0 Å². The first-order chi connectivity index (χ1) is 8.99. The number of nitrogen functional groups attached to an aromatic ring is 1. The molecule has 0 saturated heterocycles. The average Bonchev–Trinajstić information content (AvgIpc) is 2.37. The Hall–Kier alpha value is -1.95.